The predicted molar refractivity (Wildman–Crippen MR) is 68.0 cm³/mol. The van der Waals surface area contributed by atoms with Gasteiger partial charge in [-0.1, -0.05) is 0 Å². The van der Waals surface area contributed by atoms with Crippen molar-refractivity contribution in [2.24, 2.45) is 5.84 Å². The minimum Gasteiger partial charge on any atom is -0.353 e. The van der Waals surface area contributed by atoms with Gasteiger partial charge in [-0.3, -0.25) is 9.59 Å². The van der Waals surface area contributed by atoms with Gasteiger partial charge in [-0.25, -0.2) is 5.84 Å². The summed E-state index contributed by atoms with van der Waals surface area (Å²) in [7, 11) is 0. The van der Waals surface area contributed by atoms with E-state index in [0.717, 1.165) is 12.8 Å². The fourth-order valence-electron chi connectivity index (χ4n) is 1.44. The molecule has 1 heterocycles. The Bertz CT molecular complexity index is 457. The maximum Gasteiger partial charge on any atom is 0.271 e. The Labute approximate surface area is 110 Å². The van der Waals surface area contributed by atoms with Crippen LogP contribution < -0.4 is 21.9 Å². The smallest absolute Gasteiger partial charge is 0.271 e. The zero-order chi connectivity index (χ0) is 13.7. The number of nitrogens with two attached hydrogens (primary N) is 1. The number of hydrogen-bond donors (Lipinski definition) is 4. The highest BCUT2D eigenvalue weighted by Crippen LogP contribution is 2.18. The van der Waals surface area contributed by atoms with Crippen LogP contribution in [0.2, 0.25) is 0 Å². The van der Waals surface area contributed by atoms with Crippen LogP contribution in [0, 0.1) is 0 Å². The number of hydrogen-bond acceptors (Lipinski definition) is 6. The third-order valence-corrected chi connectivity index (χ3v) is 2.63. The summed E-state index contributed by atoms with van der Waals surface area (Å²) in [6.45, 7) is 0.274. The van der Waals surface area contributed by atoms with Crippen molar-refractivity contribution >= 4 is 17.6 Å². The van der Waals surface area contributed by atoms with E-state index in [4.69, 9.17) is 5.84 Å². The molecule has 1 aromatic heterocycles. The molecule has 8 heteroatoms. The summed E-state index contributed by atoms with van der Waals surface area (Å²) in [6.07, 6.45) is 2.36. The van der Waals surface area contributed by atoms with Crippen LogP contribution in [0.15, 0.2) is 12.1 Å². The monoisotopic (exact) mass is 264 g/mol. The van der Waals surface area contributed by atoms with Crippen molar-refractivity contribution in [1.82, 2.24) is 20.8 Å². The van der Waals surface area contributed by atoms with E-state index in [2.05, 4.69) is 26.3 Å². The van der Waals surface area contributed by atoms with Gasteiger partial charge >= 0.3 is 0 Å². The Kier molecular flexibility index (Phi) is 4.24. The third kappa shape index (κ3) is 4.18. The largest absolute Gasteiger partial charge is 0.353 e. The van der Waals surface area contributed by atoms with Crippen LogP contribution in [0.25, 0.3) is 0 Å². The minimum absolute atomic E-state index is 0.0448. The van der Waals surface area contributed by atoms with Crippen molar-refractivity contribution in [2.75, 3.05) is 12.0 Å². The Morgan fingerprint density at radius 1 is 1.32 bits per heavy atom. The molecule has 8 nitrogen and oxygen atoms in total. The number of rotatable bonds is 6. The van der Waals surface area contributed by atoms with Crippen LogP contribution in [0.3, 0.4) is 0 Å². The Hall–Kier alpha value is -2.22. The molecule has 0 spiro atoms. The van der Waals surface area contributed by atoms with Gasteiger partial charge in [0.15, 0.2) is 11.5 Å². The van der Waals surface area contributed by atoms with Crippen molar-refractivity contribution < 1.29 is 9.59 Å². The molecule has 1 aliphatic rings. The van der Waals surface area contributed by atoms with Crippen LogP contribution in [-0.4, -0.2) is 34.6 Å². The molecule has 0 unspecified atom stereocenters. The molecular formula is C11H16N6O2. The zero-order valence-electron chi connectivity index (χ0n) is 10.3. The van der Waals surface area contributed by atoms with Gasteiger partial charge in [-0.2, -0.15) is 0 Å². The Balaban J connectivity index is 1.71. The van der Waals surface area contributed by atoms with E-state index in [0.29, 0.717) is 11.9 Å². The van der Waals surface area contributed by atoms with Gasteiger partial charge < -0.3 is 16.1 Å². The van der Waals surface area contributed by atoms with Crippen molar-refractivity contribution in [3.63, 3.8) is 0 Å². The lowest BCUT2D eigenvalue weighted by Crippen LogP contribution is -2.32. The lowest BCUT2D eigenvalue weighted by molar-refractivity contribution is -0.121. The molecule has 0 aromatic carbocycles. The van der Waals surface area contributed by atoms with Crippen molar-refractivity contribution in [1.29, 1.82) is 0 Å². The second kappa shape index (κ2) is 6.10. The number of amides is 2. The highest BCUT2D eigenvalue weighted by Gasteiger charge is 2.22. The van der Waals surface area contributed by atoms with Gasteiger partial charge in [0.1, 0.15) is 0 Å². The summed E-state index contributed by atoms with van der Waals surface area (Å²) in [6, 6.07) is 3.38. The standard InChI is InChI=1S/C11H16N6O2/c12-15-9-4-3-8(16-17-9)11(19)13-6-5-10(18)14-7-1-2-7/h3-4,7H,1-2,5-6,12H2,(H,13,19)(H,14,18)(H,15,17). The number of carbonyl (C=O) groups excluding carboxylic acids is 2. The molecule has 102 valence electrons. The second-order valence-corrected chi connectivity index (χ2v) is 4.30. The van der Waals surface area contributed by atoms with Gasteiger partial charge in [-0.05, 0) is 25.0 Å². The fourth-order valence-corrected chi connectivity index (χ4v) is 1.44. The second-order valence-electron chi connectivity index (χ2n) is 4.30. The molecule has 0 aliphatic heterocycles. The number of nitrogens with zero attached hydrogens (tertiary/aromatic N) is 2. The lowest BCUT2D eigenvalue weighted by atomic mass is 10.3. The van der Waals surface area contributed by atoms with Gasteiger partial charge in [0, 0.05) is 19.0 Å². The molecule has 0 saturated heterocycles. The van der Waals surface area contributed by atoms with Crippen molar-refractivity contribution in [2.45, 2.75) is 25.3 Å². The molecule has 1 aromatic rings. The van der Waals surface area contributed by atoms with E-state index in [9.17, 15) is 9.59 Å². The van der Waals surface area contributed by atoms with Crippen LogP contribution in [0.4, 0.5) is 5.82 Å². The summed E-state index contributed by atoms with van der Waals surface area (Å²) in [5.74, 6) is 5.10. The third-order valence-electron chi connectivity index (χ3n) is 2.63. The van der Waals surface area contributed by atoms with Gasteiger partial charge in [-0.15, -0.1) is 10.2 Å². The molecular weight excluding hydrogens is 248 g/mol. The number of nitrogen functional groups attached to an aromatic ring is 1. The van der Waals surface area contributed by atoms with Crippen molar-refractivity contribution in [3.8, 4) is 0 Å². The first-order valence-electron chi connectivity index (χ1n) is 6.07. The maximum atomic E-state index is 11.7. The normalized spacial score (nSPS) is 13.7. The van der Waals surface area contributed by atoms with E-state index in [1.54, 1.807) is 6.07 Å². The summed E-state index contributed by atoms with van der Waals surface area (Å²) in [5.41, 5.74) is 2.50. The summed E-state index contributed by atoms with van der Waals surface area (Å²) >= 11 is 0. The van der Waals surface area contributed by atoms with Gasteiger partial charge in [0.25, 0.3) is 5.91 Å². The Morgan fingerprint density at radius 3 is 2.68 bits per heavy atom. The van der Waals surface area contributed by atoms with E-state index in [1.807, 2.05) is 0 Å². The van der Waals surface area contributed by atoms with Crippen LogP contribution in [-0.2, 0) is 4.79 Å². The molecule has 1 aliphatic carbocycles. The van der Waals surface area contributed by atoms with Gasteiger partial charge in [0.05, 0.1) is 0 Å². The fraction of sp³-hybridized carbons (Fsp3) is 0.455. The zero-order valence-corrected chi connectivity index (χ0v) is 10.3. The maximum absolute atomic E-state index is 11.7. The SMILES string of the molecule is NNc1ccc(C(=O)NCCC(=O)NC2CC2)nn1. The molecule has 2 amide bonds. The summed E-state index contributed by atoms with van der Waals surface area (Å²) < 4.78 is 0. The number of aromatic nitrogens is 2. The summed E-state index contributed by atoms with van der Waals surface area (Å²) in [4.78, 5) is 23.0. The molecule has 19 heavy (non-hydrogen) atoms. The first-order chi connectivity index (χ1) is 9.19. The van der Waals surface area contributed by atoms with Crippen molar-refractivity contribution in [3.05, 3.63) is 17.8 Å². The molecule has 0 atom stereocenters. The van der Waals surface area contributed by atoms with E-state index in [1.165, 1.54) is 6.07 Å². The average molecular weight is 264 g/mol. The first-order valence-corrected chi connectivity index (χ1v) is 6.07. The molecule has 0 radical (unpaired) electrons. The highest BCUT2D eigenvalue weighted by atomic mass is 16.2. The van der Waals surface area contributed by atoms with Crippen LogP contribution >= 0.6 is 0 Å². The molecule has 5 N–H and O–H groups in total. The highest BCUT2D eigenvalue weighted by molar-refractivity contribution is 5.92. The molecule has 1 fully saturated rings. The average Bonchev–Trinajstić information content (AvgIpc) is 3.22. The number of nitrogens with one attached hydrogen (secondary N) is 3. The quantitative estimate of drug-likeness (QED) is 0.392. The van der Waals surface area contributed by atoms with Gasteiger partial charge in [0.2, 0.25) is 5.91 Å². The first kappa shape index (κ1) is 13.2. The lowest BCUT2D eigenvalue weighted by Gasteiger charge is -2.05. The number of carbonyl (C=O) groups is 2. The van der Waals surface area contributed by atoms with Crippen LogP contribution in [0.1, 0.15) is 29.8 Å². The van der Waals surface area contributed by atoms with E-state index < -0.39 is 0 Å². The molecule has 0 bridgehead atoms. The minimum atomic E-state index is -0.365. The summed E-state index contributed by atoms with van der Waals surface area (Å²) in [5, 5.41) is 12.8. The molecule has 2 rings (SSSR count). The molecule has 1 saturated carbocycles. The predicted octanol–water partition coefficient (Wildman–Crippen LogP) is -0.839. The topological polar surface area (TPSA) is 122 Å². The van der Waals surface area contributed by atoms with Crippen LogP contribution in [0.5, 0.6) is 0 Å². The number of anilines is 1. The van der Waals surface area contributed by atoms with E-state index in [-0.39, 0.29) is 30.5 Å². The Morgan fingerprint density at radius 2 is 2.11 bits per heavy atom. The number of hydrazine groups is 1. The van der Waals surface area contributed by atoms with E-state index >= 15 is 0 Å².